The molecule has 126 valence electrons. The highest BCUT2D eigenvalue weighted by molar-refractivity contribution is 7.89. The maximum absolute atomic E-state index is 13.2. The first-order chi connectivity index (χ1) is 11.4. The Bertz CT molecular complexity index is 986. The number of aliphatic hydroxyl groups is 1. The van der Waals surface area contributed by atoms with Crippen LogP contribution in [-0.4, -0.2) is 20.1 Å². The summed E-state index contributed by atoms with van der Waals surface area (Å²) in [5.41, 5.74) is 0.614. The van der Waals surface area contributed by atoms with Gasteiger partial charge in [-0.05, 0) is 35.0 Å². The minimum absolute atomic E-state index is 0.276. The Morgan fingerprint density at radius 3 is 2.62 bits per heavy atom. The molecule has 1 atom stereocenters. The fourth-order valence-electron chi connectivity index (χ4n) is 2.28. The van der Waals surface area contributed by atoms with E-state index in [4.69, 9.17) is 0 Å². The summed E-state index contributed by atoms with van der Waals surface area (Å²) in [7, 11) is -4.05. The van der Waals surface area contributed by atoms with Crippen LogP contribution in [-0.2, 0) is 10.0 Å². The minimum Gasteiger partial charge on any atom is -0.387 e. The van der Waals surface area contributed by atoms with E-state index in [0.29, 0.717) is 11.6 Å². The van der Waals surface area contributed by atoms with Crippen LogP contribution in [0.5, 0.6) is 0 Å². The summed E-state index contributed by atoms with van der Waals surface area (Å²) in [6.45, 7) is -0.276. The Kier molecular flexibility index (Phi) is 4.64. The molecule has 0 radical (unpaired) electrons. The summed E-state index contributed by atoms with van der Waals surface area (Å²) in [6.07, 6.45) is -1.05. The molecule has 0 saturated carbocycles. The van der Waals surface area contributed by atoms with E-state index in [1.807, 2.05) is 24.3 Å². The molecule has 3 rings (SSSR count). The van der Waals surface area contributed by atoms with Crippen molar-refractivity contribution in [1.29, 1.82) is 0 Å². The van der Waals surface area contributed by atoms with Crippen molar-refractivity contribution in [3.63, 3.8) is 0 Å². The van der Waals surface area contributed by atoms with Crippen molar-refractivity contribution in [1.82, 2.24) is 4.72 Å². The molecule has 0 saturated heterocycles. The number of rotatable bonds is 5. The zero-order valence-electron chi connectivity index (χ0n) is 12.2. The van der Waals surface area contributed by atoms with Crippen LogP contribution in [0.4, 0.5) is 8.78 Å². The number of thiophene rings is 1. The van der Waals surface area contributed by atoms with Crippen molar-refractivity contribution in [3.8, 4) is 0 Å². The quantitative estimate of drug-likeness (QED) is 0.726. The van der Waals surface area contributed by atoms with Gasteiger partial charge in [0.05, 0.1) is 11.0 Å². The van der Waals surface area contributed by atoms with Crippen LogP contribution in [0.3, 0.4) is 0 Å². The normalized spacial score (nSPS) is 13.3. The zero-order chi connectivity index (χ0) is 17.3. The van der Waals surface area contributed by atoms with Crippen molar-refractivity contribution in [2.24, 2.45) is 0 Å². The molecule has 0 amide bonds. The van der Waals surface area contributed by atoms with Crippen molar-refractivity contribution >= 4 is 31.4 Å². The maximum Gasteiger partial charge on any atom is 0.240 e. The molecule has 1 aromatic heterocycles. The molecule has 24 heavy (non-hydrogen) atoms. The SMILES string of the molecule is O=S(=O)(NCC(O)c1csc2ccccc12)c1ccc(F)c(F)c1. The zero-order valence-corrected chi connectivity index (χ0v) is 13.9. The first-order valence-corrected chi connectivity index (χ1v) is 9.33. The molecule has 2 N–H and O–H groups in total. The number of hydrogen-bond donors (Lipinski definition) is 2. The van der Waals surface area contributed by atoms with Gasteiger partial charge in [-0.2, -0.15) is 0 Å². The van der Waals surface area contributed by atoms with Gasteiger partial charge in [0.25, 0.3) is 0 Å². The molecular weight excluding hydrogens is 356 g/mol. The predicted octanol–water partition coefficient (Wildman–Crippen LogP) is 3.19. The molecule has 3 aromatic rings. The molecule has 0 bridgehead atoms. The molecule has 0 aliphatic rings. The lowest BCUT2D eigenvalue weighted by atomic mass is 10.1. The minimum atomic E-state index is -4.05. The van der Waals surface area contributed by atoms with Gasteiger partial charge in [-0.15, -0.1) is 11.3 Å². The third kappa shape index (κ3) is 3.32. The van der Waals surface area contributed by atoms with Crippen LogP contribution >= 0.6 is 11.3 Å². The molecule has 0 aliphatic carbocycles. The third-order valence-electron chi connectivity index (χ3n) is 3.54. The summed E-state index contributed by atoms with van der Waals surface area (Å²) in [5.74, 6) is -2.37. The average Bonchev–Trinajstić information content (AvgIpc) is 2.99. The first kappa shape index (κ1) is 17.0. The molecule has 4 nitrogen and oxygen atoms in total. The Morgan fingerprint density at radius 2 is 1.88 bits per heavy atom. The Hall–Kier alpha value is -1.87. The highest BCUT2D eigenvalue weighted by Gasteiger charge is 2.20. The van der Waals surface area contributed by atoms with Crippen molar-refractivity contribution in [2.45, 2.75) is 11.0 Å². The molecule has 2 aromatic carbocycles. The van der Waals surface area contributed by atoms with E-state index in [9.17, 15) is 22.3 Å². The number of sulfonamides is 1. The van der Waals surface area contributed by atoms with Gasteiger partial charge in [-0.25, -0.2) is 21.9 Å². The van der Waals surface area contributed by atoms with E-state index in [-0.39, 0.29) is 6.54 Å². The van der Waals surface area contributed by atoms with Gasteiger partial charge in [0.1, 0.15) is 0 Å². The highest BCUT2D eigenvalue weighted by atomic mass is 32.2. The van der Waals surface area contributed by atoms with Gasteiger partial charge in [0.2, 0.25) is 10.0 Å². The lowest BCUT2D eigenvalue weighted by Crippen LogP contribution is -2.28. The maximum atomic E-state index is 13.2. The van der Waals surface area contributed by atoms with Crippen LogP contribution in [0.15, 0.2) is 52.7 Å². The summed E-state index contributed by atoms with van der Waals surface area (Å²) < 4.78 is 53.5. The van der Waals surface area contributed by atoms with Crippen LogP contribution < -0.4 is 4.72 Å². The first-order valence-electron chi connectivity index (χ1n) is 6.97. The fraction of sp³-hybridized carbons (Fsp3) is 0.125. The fourth-order valence-corrected chi connectivity index (χ4v) is 4.34. The van der Waals surface area contributed by atoms with Gasteiger partial charge in [-0.1, -0.05) is 18.2 Å². The Labute approximate surface area is 141 Å². The van der Waals surface area contributed by atoms with E-state index < -0.39 is 32.7 Å². The van der Waals surface area contributed by atoms with Gasteiger partial charge in [-0.3, -0.25) is 0 Å². The smallest absolute Gasteiger partial charge is 0.240 e. The number of nitrogens with one attached hydrogen (secondary N) is 1. The van der Waals surface area contributed by atoms with E-state index in [0.717, 1.165) is 22.2 Å². The van der Waals surface area contributed by atoms with Gasteiger partial charge < -0.3 is 5.11 Å². The second-order valence-corrected chi connectivity index (χ2v) is 7.81. The Balaban J connectivity index is 1.77. The Morgan fingerprint density at radius 1 is 1.12 bits per heavy atom. The van der Waals surface area contributed by atoms with E-state index in [2.05, 4.69) is 4.72 Å². The van der Waals surface area contributed by atoms with Gasteiger partial charge in [0.15, 0.2) is 11.6 Å². The monoisotopic (exact) mass is 369 g/mol. The van der Waals surface area contributed by atoms with Crippen molar-refractivity contribution in [3.05, 3.63) is 65.0 Å². The number of fused-ring (bicyclic) bond motifs is 1. The highest BCUT2D eigenvalue weighted by Crippen LogP contribution is 2.30. The molecule has 0 fully saturated rings. The predicted molar refractivity (Wildman–Crippen MR) is 88.3 cm³/mol. The summed E-state index contributed by atoms with van der Waals surface area (Å²) >= 11 is 1.45. The van der Waals surface area contributed by atoms with E-state index in [1.54, 1.807) is 5.38 Å². The van der Waals surface area contributed by atoms with Gasteiger partial charge in [0, 0.05) is 16.8 Å². The topological polar surface area (TPSA) is 66.4 Å². The van der Waals surface area contributed by atoms with Crippen LogP contribution in [0.25, 0.3) is 10.1 Å². The summed E-state index contributed by atoms with van der Waals surface area (Å²) in [6, 6.07) is 9.76. The second kappa shape index (κ2) is 6.56. The lowest BCUT2D eigenvalue weighted by Gasteiger charge is -2.12. The second-order valence-electron chi connectivity index (χ2n) is 5.13. The average molecular weight is 369 g/mol. The van der Waals surface area contributed by atoms with Crippen LogP contribution in [0, 0.1) is 11.6 Å². The van der Waals surface area contributed by atoms with E-state index >= 15 is 0 Å². The molecule has 1 heterocycles. The number of aliphatic hydroxyl groups excluding tert-OH is 1. The molecule has 1 unspecified atom stereocenters. The molecule has 8 heteroatoms. The number of benzene rings is 2. The van der Waals surface area contributed by atoms with Crippen LogP contribution in [0.2, 0.25) is 0 Å². The number of hydrogen-bond acceptors (Lipinski definition) is 4. The van der Waals surface area contributed by atoms with E-state index in [1.165, 1.54) is 11.3 Å². The standard InChI is InChI=1S/C16H13F2NO3S2/c17-13-6-5-10(7-14(13)18)24(21,22)19-8-15(20)12-9-23-16-4-2-1-3-11(12)16/h1-7,9,15,19-20H,8H2. The summed E-state index contributed by atoms with van der Waals surface area (Å²) in [4.78, 5) is -0.399. The molecule has 0 spiro atoms. The van der Waals surface area contributed by atoms with Crippen molar-refractivity contribution < 1.29 is 22.3 Å². The lowest BCUT2D eigenvalue weighted by molar-refractivity contribution is 0.184. The molecule has 0 aliphatic heterocycles. The van der Waals surface area contributed by atoms with Gasteiger partial charge >= 0.3 is 0 Å². The van der Waals surface area contributed by atoms with Crippen LogP contribution in [0.1, 0.15) is 11.7 Å². The van der Waals surface area contributed by atoms with Crippen molar-refractivity contribution in [2.75, 3.05) is 6.54 Å². The largest absolute Gasteiger partial charge is 0.387 e. The summed E-state index contributed by atoms with van der Waals surface area (Å²) in [5, 5.41) is 12.9. The third-order valence-corrected chi connectivity index (χ3v) is 5.94. The number of halogens is 2. The molecular formula is C16H13F2NO3S2.